The third-order valence-electron chi connectivity index (χ3n) is 3.33. The fourth-order valence-electron chi connectivity index (χ4n) is 2.23. The average molecular weight is 343 g/mol. The van der Waals surface area contributed by atoms with Gasteiger partial charge < -0.3 is 4.74 Å². The highest BCUT2D eigenvalue weighted by Gasteiger charge is 2.22. The number of hydrogen-bond donors (Lipinski definition) is 0. The molecule has 0 radical (unpaired) electrons. The number of aromatic nitrogens is 3. The van der Waals surface area contributed by atoms with Crippen molar-refractivity contribution >= 4 is 5.91 Å². The molecule has 1 heterocycles. The Balaban J connectivity index is 2.10. The van der Waals surface area contributed by atoms with Gasteiger partial charge in [-0.2, -0.15) is 9.67 Å². The summed E-state index contributed by atoms with van der Waals surface area (Å²) in [7, 11) is 0. The lowest BCUT2D eigenvalue weighted by Crippen LogP contribution is -2.16. The fraction of sp³-hybridized carbons (Fsp3) is 0.167. The molecule has 25 heavy (non-hydrogen) atoms. The van der Waals surface area contributed by atoms with Crippen LogP contribution in [-0.2, 0) is 0 Å². The van der Waals surface area contributed by atoms with Crippen molar-refractivity contribution in [2.24, 2.45) is 0 Å². The average Bonchev–Trinajstić information content (AvgIpc) is 2.98. The first-order valence-corrected chi connectivity index (χ1v) is 7.64. The van der Waals surface area contributed by atoms with Gasteiger partial charge in [0.15, 0.2) is 5.82 Å². The van der Waals surface area contributed by atoms with Crippen LogP contribution in [0.15, 0.2) is 48.5 Å². The van der Waals surface area contributed by atoms with Crippen molar-refractivity contribution < 1.29 is 18.3 Å². The third kappa shape index (κ3) is 3.55. The Morgan fingerprint density at radius 1 is 1.08 bits per heavy atom. The van der Waals surface area contributed by atoms with Crippen LogP contribution >= 0.6 is 0 Å². The van der Waals surface area contributed by atoms with E-state index in [1.807, 2.05) is 0 Å². The van der Waals surface area contributed by atoms with E-state index in [-0.39, 0.29) is 29.1 Å². The summed E-state index contributed by atoms with van der Waals surface area (Å²) in [5.41, 5.74) is 0.309. The van der Waals surface area contributed by atoms with Crippen LogP contribution in [-0.4, -0.2) is 26.8 Å². The van der Waals surface area contributed by atoms with Gasteiger partial charge in [-0.25, -0.2) is 8.78 Å². The minimum Gasteiger partial charge on any atom is -0.460 e. The maximum absolute atomic E-state index is 14.2. The summed E-state index contributed by atoms with van der Waals surface area (Å²) in [4.78, 5) is 16.9. The van der Waals surface area contributed by atoms with Gasteiger partial charge in [0.1, 0.15) is 11.6 Å². The lowest BCUT2D eigenvalue weighted by atomic mass is 10.2. The minimum absolute atomic E-state index is 0.0167. The Morgan fingerprint density at radius 3 is 2.40 bits per heavy atom. The second-order valence-electron chi connectivity index (χ2n) is 5.59. The number of nitrogens with zero attached hydrogens (tertiary/aromatic N) is 3. The molecule has 0 amide bonds. The number of benzene rings is 2. The third-order valence-corrected chi connectivity index (χ3v) is 3.33. The predicted octanol–water partition coefficient (Wildman–Crippen LogP) is 3.70. The van der Waals surface area contributed by atoms with E-state index >= 15 is 0 Å². The monoisotopic (exact) mass is 343 g/mol. The van der Waals surface area contributed by atoms with Gasteiger partial charge in [-0.3, -0.25) is 4.79 Å². The Morgan fingerprint density at radius 2 is 1.76 bits per heavy atom. The van der Waals surface area contributed by atoms with E-state index in [4.69, 9.17) is 4.74 Å². The van der Waals surface area contributed by atoms with Gasteiger partial charge in [-0.05, 0) is 50.2 Å². The predicted molar refractivity (Wildman–Crippen MR) is 87.3 cm³/mol. The summed E-state index contributed by atoms with van der Waals surface area (Å²) < 4.78 is 33.6. The number of ether oxygens (including phenoxy) is 1. The highest BCUT2D eigenvalue weighted by atomic mass is 19.1. The highest BCUT2D eigenvalue weighted by molar-refractivity contribution is 5.97. The Bertz CT molecular complexity index is 905. The van der Waals surface area contributed by atoms with Gasteiger partial charge in [0.05, 0.1) is 11.7 Å². The summed E-state index contributed by atoms with van der Waals surface area (Å²) in [6.45, 7) is 3.57. The molecule has 0 aliphatic carbocycles. The molecule has 3 rings (SSSR count). The molecule has 0 aliphatic rings. The molecule has 0 N–H and O–H groups in total. The summed E-state index contributed by atoms with van der Waals surface area (Å²) in [5.74, 6) is -1.56. The molecule has 3 aromatic rings. The van der Waals surface area contributed by atoms with Crippen molar-refractivity contribution in [3.63, 3.8) is 0 Å². The molecule has 0 bridgehead atoms. The standard InChI is InChI=1S/C18H15F2N3O2/c1-11(2)25-18-21-16(14-5-3-4-6-15(14)20)23(22-18)17(24)12-7-9-13(19)10-8-12/h3-11H,1-2H3. The Kier molecular flexibility index (Phi) is 4.56. The molecule has 0 atom stereocenters. The molecule has 0 spiro atoms. The zero-order chi connectivity index (χ0) is 18.0. The van der Waals surface area contributed by atoms with Crippen molar-refractivity contribution in [3.8, 4) is 17.4 Å². The molecule has 7 heteroatoms. The zero-order valence-corrected chi connectivity index (χ0v) is 13.6. The number of rotatable bonds is 4. The van der Waals surface area contributed by atoms with Crippen LogP contribution in [0, 0.1) is 11.6 Å². The first kappa shape index (κ1) is 16.8. The Labute approximate surface area is 142 Å². The molecule has 0 unspecified atom stereocenters. The largest absolute Gasteiger partial charge is 0.460 e. The molecule has 0 saturated heterocycles. The molecule has 0 fully saturated rings. The van der Waals surface area contributed by atoms with E-state index < -0.39 is 17.5 Å². The summed E-state index contributed by atoms with van der Waals surface area (Å²) in [5, 5.41) is 4.04. The van der Waals surface area contributed by atoms with Gasteiger partial charge in [-0.1, -0.05) is 12.1 Å². The van der Waals surface area contributed by atoms with Gasteiger partial charge in [0, 0.05) is 5.56 Å². The van der Waals surface area contributed by atoms with E-state index in [1.54, 1.807) is 19.9 Å². The lowest BCUT2D eigenvalue weighted by Gasteiger charge is -2.05. The second-order valence-corrected chi connectivity index (χ2v) is 5.59. The molecule has 128 valence electrons. The number of halogens is 2. The summed E-state index contributed by atoms with van der Waals surface area (Å²) in [6, 6.07) is 10.9. The van der Waals surface area contributed by atoms with E-state index in [0.29, 0.717) is 0 Å². The maximum Gasteiger partial charge on any atom is 0.336 e. The van der Waals surface area contributed by atoms with Crippen LogP contribution in [0.4, 0.5) is 8.78 Å². The highest BCUT2D eigenvalue weighted by Crippen LogP contribution is 2.24. The van der Waals surface area contributed by atoms with E-state index in [9.17, 15) is 13.6 Å². The topological polar surface area (TPSA) is 57.0 Å². The molecule has 1 aromatic heterocycles. The van der Waals surface area contributed by atoms with Crippen LogP contribution in [0.25, 0.3) is 11.4 Å². The second kappa shape index (κ2) is 6.80. The molecular formula is C18H15F2N3O2. The van der Waals surface area contributed by atoms with Crippen LogP contribution in [0.5, 0.6) is 6.01 Å². The quantitative estimate of drug-likeness (QED) is 0.725. The normalized spacial score (nSPS) is 10.9. The van der Waals surface area contributed by atoms with Gasteiger partial charge in [0.2, 0.25) is 0 Å². The van der Waals surface area contributed by atoms with Gasteiger partial charge >= 0.3 is 6.01 Å². The van der Waals surface area contributed by atoms with Crippen molar-refractivity contribution in [1.29, 1.82) is 0 Å². The summed E-state index contributed by atoms with van der Waals surface area (Å²) in [6.07, 6.45) is -0.217. The van der Waals surface area contributed by atoms with E-state index in [2.05, 4.69) is 10.1 Å². The van der Waals surface area contributed by atoms with Crippen LogP contribution < -0.4 is 4.74 Å². The van der Waals surface area contributed by atoms with Gasteiger partial charge in [-0.15, -0.1) is 5.10 Å². The van der Waals surface area contributed by atoms with Gasteiger partial charge in [0.25, 0.3) is 5.91 Å². The molecule has 5 nitrogen and oxygen atoms in total. The van der Waals surface area contributed by atoms with Crippen LogP contribution in [0.1, 0.15) is 24.2 Å². The smallest absolute Gasteiger partial charge is 0.336 e. The SMILES string of the molecule is CC(C)Oc1nc(-c2ccccc2F)n(C(=O)c2ccc(F)cc2)n1. The summed E-state index contributed by atoms with van der Waals surface area (Å²) >= 11 is 0. The van der Waals surface area contributed by atoms with Crippen LogP contribution in [0.3, 0.4) is 0 Å². The maximum atomic E-state index is 14.2. The number of carbonyl (C=O) groups excluding carboxylic acids is 1. The first-order chi connectivity index (χ1) is 12.0. The first-order valence-electron chi connectivity index (χ1n) is 7.64. The van der Waals surface area contributed by atoms with E-state index in [1.165, 1.54) is 42.5 Å². The molecule has 0 saturated carbocycles. The fourth-order valence-corrected chi connectivity index (χ4v) is 2.23. The Hall–Kier alpha value is -3.09. The van der Waals surface area contributed by atoms with Crippen molar-refractivity contribution in [2.75, 3.05) is 0 Å². The molecular weight excluding hydrogens is 328 g/mol. The van der Waals surface area contributed by atoms with Crippen molar-refractivity contribution in [2.45, 2.75) is 20.0 Å². The number of carbonyl (C=O) groups is 1. The minimum atomic E-state index is -0.565. The molecule has 0 aliphatic heterocycles. The zero-order valence-electron chi connectivity index (χ0n) is 13.6. The number of hydrogen-bond acceptors (Lipinski definition) is 4. The van der Waals surface area contributed by atoms with Crippen molar-refractivity contribution in [1.82, 2.24) is 14.8 Å². The molecule has 2 aromatic carbocycles. The van der Waals surface area contributed by atoms with E-state index in [0.717, 1.165) is 4.68 Å². The van der Waals surface area contributed by atoms with Crippen LogP contribution in [0.2, 0.25) is 0 Å². The van der Waals surface area contributed by atoms with Crippen molar-refractivity contribution in [3.05, 3.63) is 65.7 Å². The lowest BCUT2D eigenvalue weighted by molar-refractivity contribution is 0.0943.